The summed E-state index contributed by atoms with van der Waals surface area (Å²) in [5, 5.41) is 6.73. The number of nitrogens with one attached hydrogen (secondary N) is 3. The molecule has 0 aliphatic carbocycles. The van der Waals surface area contributed by atoms with Crippen LogP contribution in [-0.2, 0) is 23.9 Å². The van der Waals surface area contributed by atoms with Crippen molar-refractivity contribution in [1.29, 1.82) is 0 Å². The van der Waals surface area contributed by atoms with Gasteiger partial charge in [0.05, 0.1) is 17.9 Å². The summed E-state index contributed by atoms with van der Waals surface area (Å²) in [5.41, 5.74) is 3.57. The zero-order valence-electron chi connectivity index (χ0n) is 22.2. The monoisotopic (exact) mass is 518 g/mol. The van der Waals surface area contributed by atoms with Crippen molar-refractivity contribution in [3.8, 4) is 0 Å². The van der Waals surface area contributed by atoms with Crippen molar-refractivity contribution in [3.05, 3.63) is 23.8 Å². The molecule has 1 aromatic heterocycles. The predicted octanol–water partition coefficient (Wildman–Crippen LogP) is 0.700. The number of aryl methyl sites for hydroxylation is 1. The van der Waals surface area contributed by atoms with Gasteiger partial charge in [0.1, 0.15) is 6.04 Å². The number of hydrogen-bond acceptors (Lipinski definition) is 9. The first kappa shape index (κ1) is 29.8. The highest BCUT2D eigenvalue weighted by atomic mass is 16.5. The Morgan fingerprint density at radius 1 is 1.14 bits per heavy atom. The fourth-order valence-electron chi connectivity index (χ4n) is 3.78. The molecule has 1 aliphatic rings. The molecule has 2 heterocycles. The molecule has 0 radical (unpaired) electrons. The Morgan fingerprint density at radius 2 is 1.86 bits per heavy atom. The van der Waals surface area contributed by atoms with Crippen LogP contribution in [0.3, 0.4) is 0 Å². The highest BCUT2D eigenvalue weighted by Gasteiger charge is 2.35. The topological polar surface area (TPSA) is 160 Å². The number of nitrogens with zero attached hydrogens (tertiary/aromatic N) is 3. The van der Waals surface area contributed by atoms with Gasteiger partial charge < -0.3 is 15.4 Å². The quantitative estimate of drug-likeness (QED) is 0.338. The number of carbonyl (C=O) groups excluding carboxylic acids is 5. The summed E-state index contributed by atoms with van der Waals surface area (Å²) in [6.07, 6.45) is 4.18. The number of carbonyl (C=O) groups is 5. The Bertz CT molecular complexity index is 965. The maximum Gasteiger partial charge on any atom is 0.358 e. The minimum absolute atomic E-state index is 0.0219. The molecule has 3 N–H and O–H groups in total. The third-order valence-electron chi connectivity index (χ3n) is 5.72. The van der Waals surface area contributed by atoms with E-state index in [0.717, 1.165) is 0 Å². The lowest BCUT2D eigenvalue weighted by molar-refractivity contribution is -0.147. The van der Waals surface area contributed by atoms with E-state index in [0.29, 0.717) is 31.5 Å². The van der Waals surface area contributed by atoms with Crippen LogP contribution in [0, 0.1) is 18.8 Å². The van der Waals surface area contributed by atoms with E-state index in [9.17, 15) is 24.0 Å². The normalized spacial score (nSPS) is 16.3. The molecule has 12 heteroatoms. The molecular weight excluding hydrogens is 480 g/mol. The van der Waals surface area contributed by atoms with E-state index in [2.05, 4.69) is 26.0 Å². The van der Waals surface area contributed by atoms with Crippen LogP contribution < -0.4 is 16.1 Å². The number of hydrogen-bond donors (Lipinski definition) is 3. The highest BCUT2D eigenvalue weighted by Crippen LogP contribution is 2.14. The van der Waals surface area contributed by atoms with Gasteiger partial charge in [0.2, 0.25) is 17.7 Å². The molecule has 0 bridgehead atoms. The average molecular weight is 519 g/mol. The minimum Gasteiger partial charge on any atom is -0.453 e. The van der Waals surface area contributed by atoms with Crippen LogP contribution in [0.1, 0.15) is 69.6 Å². The Labute approximate surface area is 217 Å². The largest absolute Gasteiger partial charge is 0.453 e. The fraction of sp³-hybridized carbons (Fsp3) is 0.640. The summed E-state index contributed by atoms with van der Waals surface area (Å²) in [5.74, 6) is -2.28. The molecule has 12 nitrogen and oxygen atoms in total. The van der Waals surface area contributed by atoms with Crippen LogP contribution in [0.25, 0.3) is 0 Å². The van der Waals surface area contributed by atoms with E-state index < -0.39 is 36.4 Å². The molecule has 1 aromatic rings. The third-order valence-corrected chi connectivity index (χ3v) is 5.72. The van der Waals surface area contributed by atoms with E-state index in [1.807, 2.05) is 13.8 Å². The molecule has 1 fully saturated rings. The van der Waals surface area contributed by atoms with Crippen LogP contribution in [0.4, 0.5) is 0 Å². The molecular formula is C25H38N6O6. The number of rotatable bonds is 12. The Kier molecular flexibility index (Phi) is 11.6. The summed E-state index contributed by atoms with van der Waals surface area (Å²) >= 11 is 0. The Hall–Kier alpha value is -3.41. The Morgan fingerprint density at radius 3 is 2.49 bits per heavy atom. The van der Waals surface area contributed by atoms with Gasteiger partial charge in [-0.25, -0.2) is 15.2 Å². The molecule has 2 atom stereocenters. The summed E-state index contributed by atoms with van der Waals surface area (Å²) in [7, 11) is 0. The molecule has 3 amide bonds. The zero-order chi connectivity index (χ0) is 27.5. The second-order valence-electron chi connectivity index (χ2n) is 9.84. The standard InChI is InChI=1S/C25H38N6O6/c1-15(2)11-21(33)26-10-8-22(34)31-19(7-6-9-29-31)24(35)30-23(16(3)4)20(32)14-37-25(36)18-13-27-17(5)12-28-18/h12-13,15-16,19,23,29H,6-11,14H2,1-5H3,(H,26,33)(H,30,35). The number of esters is 1. The van der Waals surface area contributed by atoms with E-state index >= 15 is 0 Å². The molecule has 0 saturated carbocycles. The maximum absolute atomic E-state index is 13.1. The smallest absolute Gasteiger partial charge is 0.358 e. The summed E-state index contributed by atoms with van der Waals surface area (Å²) in [6, 6.07) is -1.73. The number of aromatic nitrogens is 2. The molecule has 2 rings (SSSR count). The van der Waals surface area contributed by atoms with Gasteiger partial charge in [-0.15, -0.1) is 0 Å². The van der Waals surface area contributed by atoms with E-state index in [-0.39, 0.29) is 42.3 Å². The lowest BCUT2D eigenvalue weighted by atomic mass is 9.98. The van der Waals surface area contributed by atoms with Crippen LogP contribution in [0.5, 0.6) is 0 Å². The van der Waals surface area contributed by atoms with Crippen molar-refractivity contribution in [2.24, 2.45) is 11.8 Å². The van der Waals surface area contributed by atoms with Crippen LogP contribution >= 0.6 is 0 Å². The second-order valence-corrected chi connectivity index (χ2v) is 9.84. The maximum atomic E-state index is 13.1. The zero-order valence-corrected chi connectivity index (χ0v) is 22.2. The van der Waals surface area contributed by atoms with Crippen molar-refractivity contribution in [3.63, 3.8) is 0 Å². The number of ether oxygens (including phenoxy) is 1. The van der Waals surface area contributed by atoms with Gasteiger partial charge >= 0.3 is 5.97 Å². The first-order valence-corrected chi connectivity index (χ1v) is 12.6. The van der Waals surface area contributed by atoms with Gasteiger partial charge in [0, 0.05) is 32.1 Å². The molecule has 0 aromatic carbocycles. The SMILES string of the molecule is Cc1cnc(C(=O)OCC(=O)C(NC(=O)C2CCCNN2C(=O)CCNC(=O)CC(C)C)C(C)C)cn1. The van der Waals surface area contributed by atoms with Gasteiger partial charge in [-0.05, 0) is 31.6 Å². The van der Waals surface area contributed by atoms with Gasteiger partial charge in [-0.2, -0.15) is 0 Å². The lowest BCUT2D eigenvalue weighted by Gasteiger charge is -2.36. The van der Waals surface area contributed by atoms with Crippen molar-refractivity contribution >= 4 is 29.5 Å². The van der Waals surface area contributed by atoms with E-state index in [4.69, 9.17) is 4.74 Å². The fourth-order valence-corrected chi connectivity index (χ4v) is 3.78. The average Bonchev–Trinajstić information content (AvgIpc) is 2.85. The minimum atomic E-state index is -0.918. The molecule has 204 valence electrons. The van der Waals surface area contributed by atoms with Crippen molar-refractivity contribution in [2.75, 3.05) is 19.7 Å². The molecule has 1 aliphatic heterocycles. The lowest BCUT2D eigenvalue weighted by Crippen LogP contribution is -2.61. The number of hydrazine groups is 1. The van der Waals surface area contributed by atoms with Gasteiger partial charge in [0.15, 0.2) is 18.1 Å². The van der Waals surface area contributed by atoms with Crippen molar-refractivity contribution < 1.29 is 28.7 Å². The number of ketones is 1. The van der Waals surface area contributed by atoms with Crippen LogP contribution in [0.2, 0.25) is 0 Å². The molecule has 37 heavy (non-hydrogen) atoms. The second kappa shape index (κ2) is 14.4. The third kappa shape index (κ3) is 9.52. The number of Topliss-reactive ketones (excluding diaryl/α,β-unsaturated/α-hetero) is 1. The molecule has 2 unspecified atom stereocenters. The van der Waals surface area contributed by atoms with E-state index in [1.165, 1.54) is 17.4 Å². The number of amides is 3. The molecule has 0 spiro atoms. The highest BCUT2D eigenvalue weighted by molar-refractivity contribution is 5.95. The van der Waals surface area contributed by atoms with E-state index in [1.54, 1.807) is 20.8 Å². The summed E-state index contributed by atoms with van der Waals surface area (Å²) < 4.78 is 5.08. The van der Waals surface area contributed by atoms with Crippen LogP contribution in [-0.4, -0.2) is 76.2 Å². The Balaban J connectivity index is 1.94. The van der Waals surface area contributed by atoms with Gasteiger partial charge in [-0.3, -0.25) is 29.2 Å². The van der Waals surface area contributed by atoms with Crippen molar-refractivity contribution in [2.45, 2.75) is 72.4 Å². The van der Waals surface area contributed by atoms with Crippen molar-refractivity contribution in [1.82, 2.24) is 31.0 Å². The summed E-state index contributed by atoms with van der Waals surface area (Å²) in [4.78, 5) is 70.7. The van der Waals surface area contributed by atoms with Gasteiger partial charge in [-0.1, -0.05) is 27.7 Å². The summed E-state index contributed by atoms with van der Waals surface area (Å²) in [6.45, 7) is 9.27. The first-order valence-electron chi connectivity index (χ1n) is 12.6. The first-order chi connectivity index (χ1) is 17.5. The van der Waals surface area contributed by atoms with Gasteiger partial charge in [0.25, 0.3) is 0 Å². The predicted molar refractivity (Wildman–Crippen MR) is 134 cm³/mol. The van der Waals surface area contributed by atoms with Crippen LogP contribution in [0.15, 0.2) is 12.4 Å². The molecule has 1 saturated heterocycles.